The highest BCUT2D eigenvalue weighted by atomic mass is 16.5. The van der Waals surface area contributed by atoms with Crippen molar-refractivity contribution in [2.75, 3.05) is 45.9 Å². The quantitative estimate of drug-likeness (QED) is 0.705. The summed E-state index contributed by atoms with van der Waals surface area (Å²) in [5.74, 6) is 0.795. The van der Waals surface area contributed by atoms with Crippen LogP contribution in [0.25, 0.3) is 0 Å². The minimum absolute atomic E-state index is 0.0829. The van der Waals surface area contributed by atoms with Crippen LogP contribution >= 0.6 is 0 Å². The molecule has 2 rings (SSSR count). The number of rotatable bonds is 9. The van der Waals surface area contributed by atoms with E-state index in [0.717, 1.165) is 58.5 Å². The maximum absolute atomic E-state index is 12.8. The number of nitrogens with two attached hydrogens (primary N) is 1. The molecule has 5 nitrogen and oxygen atoms in total. The molecule has 1 aromatic carbocycles. The average Bonchev–Trinajstić information content (AvgIpc) is 2.64. The number of benzene rings is 1. The summed E-state index contributed by atoms with van der Waals surface area (Å²) in [7, 11) is 0. The highest BCUT2D eigenvalue weighted by Gasteiger charge is 2.23. The van der Waals surface area contributed by atoms with Gasteiger partial charge in [0.1, 0.15) is 5.75 Å². The van der Waals surface area contributed by atoms with E-state index in [1.54, 1.807) is 0 Å². The number of amides is 1. The highest BCUT2D eigenvalue weighted by Crippen LogP contribution is 2.21. The van der Waals surface area contributed by atoms with Crippen molar-refractivity contribution in [3.8, 4) is 5.75 Å². The summed E-state index contributed by atoms with van der Waals surface area (Å²) < 4.78 is 5.85. The fraction of sp³-hybridized carbons (Fsp3) is 0.632. The third-order valence-electron chi connectivity index (χ3n) is 4.46. The topological polar surface area (TPSA) is 58.8 Å². The van der Waals surface area contributed by atoms with Gasteiger partial charge in [0, 0.05) is 26.2 Å². The Kier molecular flexibility index (Phi) is 8.05. The second-order valence-corrected chi connectivity index (χ2v) is 6.33. The van der Waals surface area contributed by atoms with Crippen LogP contribution in [-0.2, 0) is 0 Å². The van der Waals surface area contributed by atoms with Gasteiger partial charge in [-0.15, -0.1) is 0 Å². The van der Waals surface area contributed by atoms with Gasteiger partial charge in [-0.05, 0) is 38.1 Å². The van der Waals surface area contributed by atoms with Gasteiger partial charge in [0.15, 0.2) is 0 Å². The van der Waals surface area contributed by atoms with Gasteiger partial charge in [-0.25, -0.2) is 0 Å². The van der Waals surface area contributed by atoms with Crippen molar-refractivity contribution < 1.29 is 9.53 Å². The van der Waals surface area contributed by atoms with Gasteiger partial charge in [0.05, 0.1) is 12.2 Å². The van der Waals surface area contributed by atoms with Crippen LogP contribution in [0.2, 0.25) is 0 Å². The molecule has 1 aromatic rings. The maximum atomic E-state index is 12.8. The third kappa shape index (κ3) is 5.49. The summed E-state index contributed by atoms with van der Waals surface area (Å²) in [6.07, 6.45) is 4.36. The third-order valence-corrected chi connectivity index (χ3v) is 4.46. The van der Waals surface area contributed by atoms with Gasteiger partial charge in [0.2, 0.25) is 0 Å². The molecule has 134 valence electrons. The normalized spacial score (nSPS) is 15.5. The summed E-state index contributed by atoms with van der Waals surface area (Å²) >= 11 is 0. The van der Waals surface area contributed by atoms with Crippen molar-refractivity contribution in [2.45, 2.75) is 32.6 Å². The van der Waals surface area contributed by atoms with Crippen molar-refractivity contribution in [3.05, 3.63) is 29.8 Å². The fourth-order valence-electron chi connectivity index (χ4n) is 2.96. The molecular formula is C19H31N3O2. The zero-order valence-corrected chi connectivity index (χ0v) is 14.9. The Morgan fingerprint density at radius 3 is 2.58 bits per heavy atom. The van der Waals surface area contributed by atoms with E-state index < -0.39 is 0 Å². The van der Waals surface area contributed by atoms with Crippen LogP contribution < -0.4 is 10.5 Å². The second kappa shape index (κ2) is 10.3. The SMILES string of the molecule is CCCCCOc1ccccc1C(=O)N1CCN(CCCN)CC1. The maximum Gasteiger partial charge on any atom is 0.257 e. The monoisotopic (exact) mass is 333 g/mol. The molecule has 1 fully saturated rings. The molecule has 1 aliphatic rings. The summed E-state index contributed by atoms with van der Waals surface area (Å²) in [5, 5.41) is 0. The Hall–Kier alpha value is -1.59. The fourth-order valence-corrected chi connectivity index (χ4v) is 2.96. The lowest BCUT2D eigenvalue weighted by atomic mass is 10.1. The first-order chi connectivity index (χ1) is 11.8. The predicted octanol–water partition coefficient (Wildman–Crippen LogP) is 2.36. The highest BCUT2D eigenvalue weighted by molar-refractivity contribution is 5.97. The molecule has 0 unspecified atom stereocenters. The Morgan fingerprint density at radius 1 is 1.12 bits per heavy atom. The smallest absolute Gasteiger partial charge is 0.257 e. The molecule has 2 N–H and O–H groups in total. The van der Waals surface area contributed by atoms with Crippen LogP contribution in [0.4, 0.5) is 0 Å². The number of carbonyl (C=O) groups excluding carboxylic acids is 1. The molecule has 0 aliphatic carbocycles. The van der Waals surface area contributed by atoms with E-state index in [2.05, 4.69) is 11.8 Å². The van der Waals surface area contributed by atoms with Crippen LogP contribution in [0.5, 0.6) is 5.75 Å². The van der Waals surface area contributed by atoms with E-state index in [4.69, 9.17) is 10.5 Å². The van der Waals surface area contributed by atoms with E-state index in [9.17, 15) is 4.79 Å². The number of carbonyl (C=O) groups is 1. The van der Waals surface area contributed by atoms with Crippen molar-refractivity contribution in [1.82, 2.24) is 9.80 Å². The Morgan fingerprint density at radius 2 is 1.88 bits per heavy atom. The molecule has 0 aromatic heterocycles. The number of para-hydroxylation sites is 1. The van der Waals surface area contributed by atoms with Crippen LogP contribution in [0.1, 0.15) is 43.0 Å². The number of ether oxygens (including phenoxy) is 1. The van der Waals surface area contributed by atoms with Crippen molar-refractivity contribution >= 4 is 5.91 Å². The molecule has 1 saturated heterocycles. The van der Waals surface area contributed by atoms with Crippen molar-refractivity contribution in [2.24, 2.45) is 5.73 Å². The van der Waals surface area contributed by atoms with Gasteiger partial charge >= 0.3 is 0 Å². The van der Waals surface area contributed by atoms with Gasteiger partial charge in [-0.3, -0.25) is 9.69 Å². The molecule has 1 heterocycles. The average molecular weight is 333 g/mol. The zero-order chi connectivity index (χ0) is 17.2. The van der Waals surface area contributed by atoms with Gasteiger partial charge in [0.25, 0.3) is 5.91 Å². The van der Waals surface area contributed by atoms with E-state index >= 15 is 0 Å². The molecule has 0 bridgehead atoms. The molecule has 5 heteroatoms. The summed E-state index contributed by atoms with van der Waals surface area (Å²) in [6, 6.07) is 7.61. The van der Waals surface area contributed by atoms with Crippen molar-refractivity contribution in [3.63, 3.8) is 0 Å². The molecule has 1 amide bonds. The first kappa shape index (κ1) is 18.7. The molecule has 0 saturated carbocycles. The first-order valence-electron chi connectivity index (χ1n) is 9.19. The molecule has 24 heavy (non-hydrogen) atoms. The van der Waals surface area contributed by atoms with Crippen molar-refractivity contribution in [1.29, 1.82) is 0 Å². The van der Waals surface area contributed by atoms with Crippen LogP contribution in [0, 0.1) is 0 Å². The Bertz CT molecular complexity index is 499. The number of nitrogens with zero attached hydrogens (tertiary/aromatic N) is 2. The van der Waals surface area contributed by atoms with E-state index in [1.807, 2.05) is 29.2 Å². The standard InChI is InChI=1S/C19H31N3O2/c1-2-3-6-16-24-18-9-5-4-8-17(18)19(23)22-14-12-21(13-15-22)11-7-10-20/h4-5,8-9H,2-3,6-7,10-16,20H2,1H3. The lowest BCUT2D eigenvalue weighted by Crippen LogP contribution is -2.49. The van der Waals surface area contributed by atoms with Crippen LogP contribution in [-0.4, -0.2) is 61.6 Å². The molecule has 0 atom stereocenters. The number of hydrogen-bond acceptors (Lipinski definition) is 4. The largest absolute Gasteiger partial charge is 0.493 e. The lowest BCUT2D eigenvalue weighted by molar-refractivity contribution is 0.0632. The Balaban J connectivity index is 1.90. The molecule has 1 aliphatic heterocycles. The summed E-state index contributed by atoms with van der Waals surface area (Å²) in [5.41, 5.74) is 6.25. The number of piperazine rings is 1. The number of unbranched alkanes of at least 4 members (excludes halogenated alkanes) is 2. The van der Waals surface area contributed by atoms with Crippen LogP contribution in [0.3, 0.4) is 0 Å². The van der Waals surface area contributed by atoms with E-state index in [0.29, 0.717) is 17.9 Å². The van der Waals surface area contributed by atoms with E-state index in [-0.39, 0.29) is 5.91 Å². The van der Waals surface area contributed by atoms with E-state index in [1.165, 1.54) is 6.42 Å². The molecule has 0 radical (unpaired) electrons. The zero-order valence-electron chi connectivity index (χ0n) is 14.9. The lowest BCUT2D eigenvalue weighted by Gasteiger charge is -2.35. The summed E-state index contributed by atoms with van der Waals surface area (Å²) in [4.78, 5) is 17.2. The molecular weight excluding hydrogens is 302 g/mol. The van der Waals surface area contributed by atoms with Gasteiger partial charge in [-0.1, -0.05) is 31.9 Å². The minimum atomic E-state index is 0.0829. The number of hydrogen-bond donors (Lipinski definition) is 1. The summed E-state index contributed by atoms with van der Waals surface area (Å²) in [6.45, 7) is 7.98. The van der Waals surface area contributed by atoms with Gasteiger partial charge < -0.3 is 15.4 Å². The predicted molar refractivity (Wildman–Crippen MR) is 97.5 cm³/mol. The second-order valence-electron chi connectivity index (χ2n) is 6.33. The first-order valence-corrected chi connectivity index (χ1v) is 9.19. The van der Waals surface area contributed by atoms with Crippen LogP contribution in [0.15, 0.2) is 24.3 Å². The molecule has 0 spiro atoms. The minimum Gasteiger partial charge on any atom is -0.493 e. The Labute approximate surface area is 145 Å². The van der Waals surface area contributed by atoms with Gasteiger partial charge in [-0.2, -0.15) is 0 Å².